The van der Waals surface area contributed by atoms with Gasteiger partial charge in [-0.05, 0) is 38.8 Å². The molecule has 1 aliphatic rings. The van der Waals surface area contributed by atoms with Crippen molar-refractivity contribution in [2.45, 2.75) is 65.1 Å². The van der Waals surface area contributed by atoms with Crippen LogP contribution in [-0.2, 0) is 0 Å². The van der Waals surface area contributed by atoms with Crippen LogP contribution in [0.15, 0.2) is 42.7 Å². The molecule has 0 saturated heterocycles. The number of nitrogens with zero attached hydrogens (tertiary/aromatic N) is 2. The molecular weight excluding hydrogens is 244 g/mol. The van der Waals surface area contributed by atoms with Crippen molar-refractivity contribution in [3.8, 4) is 0 Å². The highest BCUT2D eigenvalue weighted by molar-refractivity contribution is 5.51. The lowest BCUT2D eigenvalue weighted by molar-refractivity contribution is 0.233. The summed E-state index contributed by atoms with van der Waals surface area (Å²) in [7, 11) is 0. The van der Waals surface area contributed by atoms with Crippen molar-refractivity contribution in [1.82, 2.24) is 4.90 Å². The van der Waals surface area contributed by atoms with E-state index in [4.69, 9.17) is 0 Å². The van der Waals surface area contributed by atoms with Gasteiger partial charge in [-0.25, -0.2) is 0 Å². The van der Waals surface area contributed by atoms with Crippen molar-refractivity contribution in [2.24, 2.45) is 0 Å². The van der Waals surface area contributed by atoms with E-state index < -0.39 is 0 Å². The van der Waals surface area contributed by atoms with E-state index in [9.17, 15) is 0 Å². The van der Waals surface area contributed by atoms with Crippen LogP contribution in [0, 0.1) is 0 Å². The Bertz CT molecular complexity index is 411. The standard InChI is InChI=1S/C18H28N2/c1-4-5-6-10-13-18-19(16(2)3)14-15-20(18)17-11-8-7-9-12-17/h7-9,11-12,14-16,18H,4-6,10,13H2,1-3H3. The molecule has 1 atom stereocenters. The van der Waals surface area contributed by atoms with Crippen LogP contribution in [0.2, 0.25) is 0 Å². The van der Waals surface area contributed by atoms with Gasteiger partial charge in [0, 0.05) is 24.1 Å². The van der Waals surface area contributed by atoms with E-state index in [0.29, 0.717) is 12.2 Å². The summed E-state index contributed by atoms with van der Waals surface area (Å²) in [6.45, 7) is 6.82. The molecule has 0 amide bonds. The van der Waals surface area contributed by atoms with Crippen molar-refractivity contribution in [3.05, 3.63) is 42.7 Å². The third kappa shape index (κ3) is 3.56. The summed E-state index contributed by atoms with van der Waals surface area (Å²) >= 11 is 0. The second kappa shape index (κ2) is 7.37. The second-order valence-electron chi connectivity index (χ2n) is 5.91. The van der Waals surface area contributed by atoms with Gasteiger partial charge in [-0.2, -0.15) is 0 Å². The number of hydrogen-bond donors (Lipinski definition) is 0. The molecule has 1 aromatic carbocycles. The van der Waals surface area contributed by atoms with Crippen molar-refractivity contribution in [1.29, 1.82) is 0 Å². The van der Waals surface area contributed by atoms with Gasteiger partial charge in [-0.1, -0.05) is 44.4 Å². The number of benzene rings is 1. The minimum Gasteiger partial charge on any atom is -0.353 e. The third-order valence-corrected chi connectivity index (χ3v) is 4.03. The number of unbranched alkanes of at least 4 members (excludes halogenated alkanes) is 3. The molecule has 2 nitrogen and oxygen atoms in total. The van der Waals surface area contributed by atoms with E-state index in [1.165, 1.54) is 37.8 Å². The van der Waals surface area contributed by atoms with Gasteiger partial charge in [0.15, 0.2) is 0 Å². The fraction of sp³-hybridized carbons (Fsp3) is 0.556. The maximum Gasteiger partial charge on any atom is 0.106 e. The maximum absolute atomic E-state index is 2.49. The van der Waals surface area contributed by atoms with Crippen LogP contribution in [0.4, 0.5) is 5.69 Å². The summed E-state index contributed by atoms with van der Waals surface area (Å²) in [6, 6.07) is 11.3. The zero-order valence-corrected chi connectivity index (χ0v) is 13.1. The number of hydrogen-bond acceptors (Lipinski definition) is 2. The monoisotopic (exact) mass is 272 g/mol. The molecular formula is C18H28N2. The first-order valence-electron chi connectivity index (χ1n) is 8.03. The van der Waals surface area contributed by atoms with E-state index in [1.54, 1.807) is 0 Å². The molecule has 0 aromatic heterocycles. The maximum atomic E-state index is 2.49. The van der Waals surface area contributed by atoms with Crippen molar-refractivity contribution in [3.63, 3.8) is 0 Å². The predicted molar refractivity (Wildman–Crippen MR) is 87.6 cm³/mol. The smallest absolute Gasteiger partial charge is 0.106 e. The van der Waals surface area contributed by atoms with E-state index in [0.717, 1.165) is 0 Å². The molecule has 2 heteroatoms. The molecule has 1 unspecified atom stereocenters. The van der Waals surface area contributed by atoms with Crippen LogP contribution in [0.25, 0.3) is 0 Å². The lowest BCUT2D eigenvalue weighted by Crippen LogP contribution is -2.42. The Hall–Kier alpha value is -1.44. The van der Waals surface area contributed by atoms with E-state index in [2.05, 4.69) is 73.3 Å². The fourth-order valence-corrected chi connectivity index (χ4v) is 2.91. The van der Waals surface area contributed by atoms with Crippen molar-refractivity contribution in [2.75, 3.05) is 4.90 Å². The third-order valence-electron chi connectivity index (χ3n) is 4.03. The van der Waals surface area contributed by atoms with Crippen LogP contribution >= 0.6 is 0 Å². The van der Waals surface area contributed by atoms with Gasteiger partial charge < -0.3 is 9.80 Å². The number of anilines is 1. The Kier molecular flexibility index (Phi) is 5.51. The van der Waals surface area contributed by atoms with Crippen LogP contribution < -0.4 is 4.90 Å². The topological polar surface area (TPSA) is 6.48 Å². The molecule has 20 heavy (non-hydrogen) atoms. The Morgan fingerprint density at radius 3 is 2.40 bits per heavy atom. The van der Waals surface area contributed by atoms with Gasteiger partial charge >= 0.3 is 0 Å². The Balaban J connectivity index is 2.04. The molecule has 0 spiro atoms. The van der Waals surface area contributed by atoms with E-state index >= 15 is 0 Å². The molecule has 1 aliphatic heterocycles. The fourth-order valence-electron chi connectivity index (χ4n) is 2.91. The van der Waals surface area contributed by atoms with Crippen LogP contribution in [0.3, 0.4) is 0 Å². The minimum atomic E-state index is 0.481. The SMILES string of the molecule is CCCCCCC1N(c2ccccc2)C=CN1C(C)C. The van der Waals surface area contributed by atoms with Crippen LogP contribution in [-0.4, -0.2) is 17.1 Å². The lowest BCUT2D eigenvalue weighted by atomic mass is 10.1. The minimum absolute atomic E-state index is 0.481. The van der Waals surface area contributed by atoms with Gasteiger partial charge in [-0.15, -0.1) is 0 Å². The quantitative estimate of drug-likeness (QED) is 0.646. The highest BCUT2D eigenvalue weighted by Gasteiger charge is 2.28. The van der Waals surface area contributed by atoms with Crippen molar-refractivity contribution >= 4 is 5.69 Å². The van der Waals surface area contributed by atoms with Gasteiger partial charge in [0.1, 0.15) is 6.17 Å². The van der Waals surface area contributed by atoms with Gasteiger partial charge in [0.25, 0.3) is 0 Å². The number of rotatable bonds is 7. The predicted octanol–water partition coefficient (Wildman–Crippen LogP) is 4.98. The summed E-state index contributed by atoms with van der Waals surface area (Å²) in [5.41, 5.74) is 1.30. The number of para-hydroxylation sites is 1. The first-order valence-corrected chi connectivity index (χ1v) is 8.03. The molecule has 2 rings (SSSR count). The summed E-state index contributed by atoms with van der Waals surface area (Å²) in [6.07, 6.45) is 11.5. The largest absolute Gasteiger partial charge is 0.353 e. The highest BCUT2D eigenvalue weighted by Crippen LogP contribution is 2.29. The molecule has 110 valence electrons. The molecule has 1 aromatic rings. The molecule has 1 heterocycles. The summed E-state index contributed by atoms with van der Waals surface area (Å²) in [5, 5.41) is 0. The first-order chi connectivity index (χ1) is 9.74. The Morgan fingerprint density at radius 2 is 1.75 bits per heavy atom. The van der Waals surface area contributed by atoms with Crippen molar-refractivity contribution < 1.29 is 0 Å². The second-order valence-corrected chi connectivity index (χ2v) is 5.91. The summed E-state index contributed by atoms with van der Waals surface area (Å²) in [5.74, 6) is 0. The Labute approximate surface area is 124 Å². The zero-order chi connectivity index (χ0) is 14.4. The first kappa shape index (κ1) is 15.0. The summed E-state index contributed by atoms with van der Waals surface area (Å²) < 4.78 is 0. The molecule has 0 fully saturated rings. The van der Waals surface area contributed by atoms with Crippen LogP contribution in [0.1, 0.15) is 52.9 Å². The lowest BCUT2D eigenvalue weighted by Gasteiger charge is -2.35. The van der Waals surface area contributed by atoms with E-state index in [1.807, 2.05) is 0 Å². The molecule has 0 bridgehead atoms. The normalized spacial score (nSPS) is 18.3. The van der Waals surface area contributed by atoms with Gasteiger partial charge in [0.05, 0.1) is 0 Å². The Morgan fingerprint density at radius 1 is 1.00 bits per heavy atom. The van der Waals surface area contributed by atoms with Gasteiger partial charge in [-0.3, -0.25) is 0 Å². The average Bonchev–Trinajstić information content (AvgIpc) is 2.88. The molecule has 0 saturated carbocycles. The molecule has 0 radical (unpaired) electrons. The summed E-state index contributed by atoms with van der Waals surface area (Å²) in [4.78, 5) is 4.91. The van der Waals surface area contributed by atoms with E-state index in [-0.39, 0.29) is 0 Å². The molecule has 0 aliphatic carbocycles. The zero-order valence-electron chi connectivity index (χ0n) is 13.1. The highest BCUT2D eigenvalue weighted by atomic mass is 15.4. The van der Waals surface area contributed by atoms with Gasteiger partial charge in [0.2, 0.25) is 0 Å². The molecule has 0 N–H and O–H groups in total. The van der Waals surface area contributed by atoms with Crippen LogP contribution in [0.5, 0.6) is 0 Å². The average molecular weight is 272 g/mol.